The van der Waals surface area contributed by atoms with Crippen LogP contribution >= 0.6 is 15.9 Å². The van der Waals surface area contributed by atoms with Gasteiger partial charge in [-0.1, -0.05) is 6.07 Å². The third kappa shape index (κ3) is 5.22. The second-order valence-corrected chi connectivity index (χ2v) is 6.21. The van der Waals surface area contributed by atoms with Crippen molar-refractivity contribution in [1.29, 1.82) is 0 Å². The molecule has 2 aromatic carbocycles. The molecule has 0 aliphatic rings. The Balaban J connectivity index is 1.94. The van der Waals surface area contributed by atoms with Gasteiger partial charge in [-0.2, -0.15) is 5.10 Å². The average Bonchev–Trinajstić information content (AvgIpc) is 2.58. The number of ether oxygens (including phenoxy) is 2. The molecule has 1 amide bonds. The molecule has 7 heteroatoms. The topological polar surface area (TPSA) is 80.2 Å². The number of carbonyl (C=O) groups excluding carboxylic acids is 1. The summed E-state index contributed by atoms with van der Waals surface area (Å²) in [6.45, 7) is 3.61. The molecule has 2 N–H and O–H groups in total. The van der Waals surface area contributed by atoms with Crippen molar-refractivity contribution >= 4 is 28.1 Å². The van der Waals surface area contributed by atoms with E-state index in [4.69, 9.17) is 9.47 Å². The van der Waals surface area contributed by atoms with Gasteiger partial charge in [0, 0.05) is 0 Å². The number of hydrogen-bond donors (Lipinski definition) is 2. The van der Waals surface area contributed by atoms with Crippen LogP contribution in [-0.4, -0.2) is 30.4 Å². The number of phenolic OH excluding ortho intramolecular Hbond substituents is 1. The highest BCUT2D eigenvalue weighted by Crippen LogP contribution is 2.27. The van der Waals surface area contributed by atoms with Gasteiger partial charge in [0.1, 0.15) is 5.75 Å². The molecule has 132 valence electrons. The number of carbonyl (C=O) groups is 1. The molecule has 2 aromatic rings. The molecule has 0 fully saturated rings. The van der Waals surface area contributed by atoms with E-state index in [1.54, 1.807) is 25.1 Å². The third-order valence-corrected chi connectivity index (χ3v) is 3.97. The van der Waals surface area contributed by atoms with Crippen molar-refractivity contribution in [3.63, 3.8) is 0 Å². The number of rotatable bonds is 6. The minimum atomic E-state index is -0.717. The van der Waals surface area contributed by atoms with Crippen molar-refractivity contribution in [3.8, 4) is 17.2 Å². The van der Waals surface area contributed by atoms with E-state index in [9.17, 15) is 9.90 Å². The summed E-state index contributed by atoms with van der Waals surface area (Å²) in [6, 6.07) is 10.4. The lowest BCUT2D eigenvalue weighted by molar-refractivity contribution is -0.127. The molecule has 0 aromatic heterocycles. The predicted octanol–water partition coefficient (Wildman–Crippen LogP) is 3.39. The zero-order valence-electron chi connectivity index (χ0n) is 14.1. The van der Waals surface area contributed by atoms with Gasteiger partial charge in [-0.25, -0.2) is 5.43 Å². The van der Waals surface area contributed by atoms with Crippen LogP contribution in [0.5, 0.6) is 17.2 Å². The van der Waals surface area contributed by atoms with Crippen molar-refractivity contribution in [2.45, 2.75) is 20.0 Å². The first-order valence-electron chi connectivity index (χ1n) is 7.53. The fraction of sp³-hybridized carbons (Fsp3) is 0.222. The van der Waals surface area contributed by atoms with Crippen molar-refractivity contribution in [3.05, 3.63) is 52.0 Å². The second kappa shape index (κ2) is 8.53. The first-order valence-corrected chi connectivity index (χ1v) is 8.32. The van der Waals surface area contributed by atoms with Gasteiger partial charge in [-0.3, -0.25) is 4.79 Å². The van der Waals surface area contributed by atoms with E-state index in [2.05, 4.69) is 26.5 Å². The summed E-state index contributed by atoms with van der Waals surface area (Å²) in [4.78, 5) is 12.1. The van der Waals surface area contributed by atoms with Crippen LogP contribution in [0, 0.1) is 6.92 Å². The van der Waals surface area contributed by atoms with Crippen molar-refractivity contribution < 1.29 is 19.4 Å². The van der Waals surface area contributed by atoms with Crippen LogP contribution in [0.15, 0.2) is 46.0 Å². The number of hydrazone groups is 1. The highest BCUT2D eigenvalue weighted by atomic mass is 79.9. The number of methoxy groups -OCH3 is 1. The van der Waals surface area contributed by atoms with Crippen molar-refractivity contribution in [2.24, 2.45) is 5.10 Å². The largest absolute Gasteiger partial charge is 0.504 e. The minimum Gasteiger partial charge on any atom is -0.504 e. The summed E-state index contributed by atoms with van der Waals surface area (Å²) in [5.74, 6) is 0.570. The summed E-state index contributed by atoms with van der Waals surface area (Å²) < 4.78 is 11.4. The SMILES string of the molecule is COc1cc(C=NNC(=O)C(C)Oc2ccc(C)cc2Br)ccc1O. The van der Waals surface area contributed by atoms with Gasteiger partial charge in [0.05, 0.1) is 17.8 Å². The first kappa shape index (κ1) is 18.8. The second-order valence-electron chi connectivity index (χ2n) is 5.36. The number of nitrogens with one attached hydrogen (secondary N) is 1. The summed E-state index contributed by atoms with van der Waals surface area (Å²) >= 11 is 3.41. The molecule has 2 rings (SSSR count). The number of aryl methyl sites for hydroxylation is 1. The van der Waals surface area contributed by atoms with Gasteiger partial charge in [-0.05, 0) is 71.2 Å². The summed E-state index contributed by atoms with van der Waals surface area (Å²) in [6.07, 6.45) is 0.736. The first-order chi connectivity index (χ1) is 11.9. The molecule has 0 heterocycles. The molecule has 6 nitrogen and oxygen atoms in total. The molecule has 1 atom stereocenters. The molecule has 0 spiro atoms. The molecular formula is C18H19BrN2O4. The number of benzene rings is 2. The quantitative estimate of drug-likeness (QED) is 0.568. The molecule has 0 saturated heterocycles. The predicted molar refractivity (Wildman–Crippen MR) is 99.4 cm³/mol. The Labute approximate surface area is 154 Å². The fourth-order valence-corrected chi connectivity index (χ4v) is 2.57. The summed E-state index contributed by atoms with van der Waals surface area (Å²) in [5.41, 5.74) is 4.18. The Morgan fingerprint density at radius 2 is 2.04 bits per heavy atom. The molecular weight excluding hydrogens is 388 g/mol. The zero-order valence-corrected chi connectivity index (χ0v) is 15.7. The van der Waals surface area contributed by atoms with E-state index in [1.165, 1.54) is 19.4 Å². The normalized spacial score (nSPS) is 12.0. The Morgan fingerprint density at radius 3 is 2.72 bits per heavy atom. The van der Waals surface area contributed by atoms with E-state index < -0.39 is 6.10 Å². The summed E-state index contributed by atoms with van der Waals surface area (Å²) in [7, 11) is 1.46. The molecule has 0 saturated carbocycles. The van der Waals surface area contributed by atoms with E-state index in [0.717, 1.165) is 10.0 Å². The fourth-order valence-electron chi connectivity index (χ4n) is 1.98. The minimum absolute atomic E-state index is 0.0365. The Morgan fingerprint density at radius 1 is 1.28 bits per heavy atom. The van der Waals surface area contributed by atoms with Gasteiger partial charge in [0.15, 0.2) is 17.6 Å². The Kier molecular flexibility index (Phi) is 6.41. The maximum atomic E-state index is 12.1. The van der Waals surface area contributed by atoms with E-state index in [-0.39, 0.29) is 11.7 Å². The van der Waals surface area contributed by atoms with Gasteiger partial charge >= 0.3 is 0 Å². The standard InChI is InChI=1S/C18H19BrN2O4/c1-11-4-7-16(14(19)8-11)25-12(2)18(23)21-20-10-13-5-6-15(22)17(9-13)24-3/h4-10,12,22H,1-3H3,(H,21,23). The lowest BCUT2D eigenvalue weighted by Gasteiger charge is -2.14. The molecule has 1 unspecified atom stereocenters. The Bertz CT molecular complexity index is 793. The molecule has 25 heavy (non-hydrogen) atoms. The van der Waals surface area contributed by atoms with Crippen LogP contribution in [0.25, 0.3) is 0 Å². The smallest absolute Gasteiger partial charge is 0.280 e. The van der Waals surface area contributed by atoms with Gasteiger partial charge in [-0.15, -0.1) is 0 Å². The lowest BCUT2D eigenvalue weighted by Crippen LogP contribution is -2.33. The van der Waals surface area contributed by atoms with Gasteiger partial charge < -0.3 is 14.6 Å². The highest BCUT2D eigenvalue weighted by Gasteiger charge is 2.15. The van der Waals surface area contributed by atoms with E-state index in [0.29, 0.717) is 17.1 Å². The zero-order chi connectivity index (χ0) is 18.4. The maximum absolute atomic E-state index is 12.1. The van der Waals surface area contributed by atoms with Gasteiger partial charge in [0.25, 0.3) is 5.91 Å². The number of amides is 1. The summed E-state index contributed by atoms with van der Waals surface area (Å²) in [5, 5.41) is 13.4. The number of hydrogen-bond acceptors (Lipinski definition) is 5. The van der Waals surface area contributed by atoms with Gasteiger partial charge in [0.2, 0.25) is 0 Å². The van der Waals surface area contributed by atoms with E-state index >= 15 is 0 Å². The molecule has 0 bridgehead atoms. The lowest BCUT2D eigenvalue weighted by atomic mass is 10.2. The van der Waals surface area contributed by atoms with Crippen LogP contribution in [0.3, 0.4) is 0 Å². The van der Waals surface area contributed by atoms with Crippen LogP contribution < -0.4 is 14.9 Å². The monoisotopic (exact) mass is 406 g/mol. The number of nitrogens with zero attached hydrogens (tertiary/aromatic N) is 1. The Hall–Kier alpha value is -2.54. The molecule has 0 aliphatic heterocycles. The van der Waals surface area contributed by atoms with Crippen molar-refractivity contribution in [1.82, 2.24) is 5.43 Å². The van der Waals surface area contributed by atoms with Crippen LogP contribution in [0.2, 0.25) is 0 Å². The van der Waals surface area contributed by atoms with Crippen LogP contribution in [0.4, 0.5) is 0 Å². The van der Waals surface area contributed by atoms with E-state index in [1.807, 2.05) is 19.1 Å². The highest BCUT2D eigenvalue weighted by molar-refractivity contribution is 9.10. The third-order valence-electron chi connectivity index (χ3n) is 3.35. The molecule has 0 radical (unpaired) electrons. The van der Waals surface area contributed by atoms with Crippen LogP contribution in [0.1, 0.15) is 18.1 Å². The van der Waals surface area contributed by atoms with Crippen molar-refractivity contribution in [2.75, 3.05) is 7.11 Å². The average molecular weight is 407 g/mol. The number of halogens is 1. The number of phenols is 1. The number of aromatic hydroxyl groups is 1. The maximum Gasteiger partial charge on any atom is 0.280 e. The van der Waals surface area contributed by atoms with Crippen LogP contribution in [-0.2, 0) is 4.79 Å². The molecule has 0 aliphatic carbocycles.